The Kier molecular flexibility index (Phi) is 6.18. The van der Waals surface area contributed by atoms with Gasteiger partial charge < -0.3 is 10.6 Å². The molecule has 5 heteroatoms. The third-order valence-electron chi connectivity index (χ3n) is 3.06. The van der Waals surface area contributed by atoms with Crippen LogP contribution < -0.4 is 16.0 Å². The lowest BCUT2D eigenvalue weighted by Gasteiger charge is -2.17. The Bertz CT molecular complexity index is 486. The molecule has 1 atom stereocenters. The summed E-state index contributed by atoms with van der Waals surface area (Å²) >= 11 is 0. The van der Waals surface area contributed by atoms with Gasteiger partial charge >= 0.3 is 6.03 Å². The Hall–Kier alpha value is -1.88. The third kappa shape index (κ3) is 5.01. The van der Waals surface area contributed by atoms with Crippen LogP contribution in [-0.4, -0.2) is 25.0 Å². The van der Waals surface area contributed by atoms with E-state index < -0.39 is 6.03 Å². The molecule has 0 aliphatic heterocycles. The Morgan fingerprint density at radius 2 is 1.95 bits per heavy atom. The molecule has 0 bridgehead atoms. The molecule has 0 heterocycles. The van der Waals surface area contributed by atoms with Crippen molar-refractivity contribution in [2.75, 3.05) is 13.1 Å². The van der Waals surface area contributed by atoms with E-state index in [4.69, 9.17) is 0 Å². The maximum Gasteiger partial charge on any atom is 0.321 e. The molecule has 0 saturated carbocycles. The van der Waals surface area contributed by atoms with Crippen LogP contribution in [0.15, 0.2) is 18.2 Å². The molecule has 0 radical (unpaired) electrons. The van der Waals surface area contributed by atoms with Gasteiger partial charge in [0.25, 0.3) is 0 Å². The second kappa shape index (κ2) is 7.65. The SMILES string of the molecule is CCNC(=O)NC(=O)CN[C@H](C)c1cc(C)ccc1C. The van der Waals surface area contributed by atoms with Crippen LogP contribution >= 0.6 is 0 Å². The Balaban J connectivity index is 2.50. The van der Waals surface area contributed by atoms with E-state index in [1.165, 1.54) is 11.1 Å². The first kappa shape index (κ1) is 16.2. The zero-order valence-corrected chi connectivity index (χ0v) is 12.5. The number of carbonyl (C=O) groups excluding carboxylic acids is 2. The molecule has 0 aliphatic carbocycles. The van der Waals surface area contributed by atoms with Gasteiger partial charge in [-0.05, 0) is 38.8 Å². The average molecular weight is 277 g/mol. The van der Waals surface area contributed by atoms with Crippen LogP contribution in [0.3, 0.4) is 0 Å². The summed E-state index contributed by atoms with van der Waals surface area (Å²) < 4.78 is 0. The van der Waals surface area contributed by atoms with Crippen molar-refractivity contribution in [3.63, 3.8) is 0 Å². The van der Waals surface area contributed by atoms with Gasteiger partial charge in [0.2, 0.25) is 5.91 Å². The number of amides is 3. The standard InChI is InChI=1S/C15H23N3O2/c1-5-16-15(20)18-14(19)9-17-12(4)13-8-10(2)6-7-11(13)3/h6-8,12,17H,5,9H2,1-4H3,(H2,16,18,19,20)/t12-/m1/s1. The number of hydrogen-bond acceptors (Lipinski definition) is 3. The van der Waals surface area contributed by atoms with Gasteiger partial charge in [-0.25, -0.2) is 4.79 Å². The molecular formula is C15H23N3O2. The first-order valence-electron chi connectivity index (χ1n) is 6.82. The molecule has 0 saturated heterocycles. The Morgan fingerprint density at radius 1 is 1.25 bits per heavy atom. The number of benzene rings is 1. The van der Waals surface area contributed by atoms with Gasteiger partial charge in [-0.2, -0.15) is 0 Å². The molecule has 5 nitrogen and oxygen atoms in total. The highest BCUT2D eigenvalue weighted by atomic mass is 16.2. The first-order chi connectivity index (χ1) is 9.43. The minimum Gasteiger partial charge on any atom is -0.338 e. The van der Waals surface area contributed by atoms with E-state index >= 15 is 0 Å². The number of rotatable bonds is 5. The topological polar surface area (TPSA) is 70.2 Å². The monoisotopic (exact) mass is 277 g/mol. The summed E-state index contributed by atoms with van der Waals surface area (Å²) in [5, 5.41) is 7.90. The third-order valence-corrected chi connectivity index (χ3v) is 3.06. The molecular weight excluding hydrogens is 254 g/mol. The van der Waals surface area contributed by atoms with E-state index in [1.807, 2.05) is 20.8 Å². The Labute approximate surface area is 120 Å². The maximum absolute atomic E-state index is 11.6. The van der Waals surface area contributed by atoms with Crippen LogP contribution in [0.25, 0.3) is 0 Å². The predicted octanol–water partition coefficient (Wildman–Crippen LogP) is 1.80. The fourth-order valence-corrected chi connectivity index (χ4v) is 1.96. The molecule has 0 aromatic heterocycles. The number of aryl methyl sites for hydroxylation is 2. The van der Waals surface area contributed by atoms with Crippen LogP contribution in [0.1, 0.15) is 36.6 Å². The van der Waals surface area contributed by atoms with E-state index in [0.29, 0.717) is 6.54 Å². The zero-order chi connectivity index (χ0) is 15.1. The van der Waals surface area contributed by atoms with E-state index in [9.17, 15) is 9.59 Å². The highest BCUT2D eigenvalue weighted by Gasteiger charge is 2.11. The molecule has 20 heavy (non-hydrogen) atoms. The lowest BCUT2D eigenvalue weighted by molar-refractivity contribution is -0.119. The molecule has 3 N–H and O–H groups in total. The number of imide groups is 1. The summed E-state index contributed by atoms with van der Waals surface area (Å²) in [4.78, 5) is 22.8. The van der Waals surface area contributed by atoms with Gasteiger partial charge in [0, 0.05) is 12.6 Å². The van der Waals surface area contributed by atoms with Crippen molar-refractivity contribution in [3.8, 4) is 0 Å². The molecule has 1 aromatic carbocycles. The number of urea groups is 1. The number of carbonyl (C=O) groups is 2. The van der Waals surface area contributed by atoms with Gasteiger partial charge in [-0.3, -0.25) is 10.1 Å². The smallest absolute Gasteiger partial charge is 0.321 e. The molecule has 110 valence electrons. The molecule has 0 aliphatic rings. The summed E-state index contributed by atoms with van der Waals surface area (Å²) in [6.07, 6.45) is 0. The van der Waals surface area contributed by atoms with Gasteiger partial charge in [-0.15, -0.1) is 0 Å². The Morgan fingerprint density at radius 3 is 2.60 bits per heavy atom. The fraction of sp³-hybridized carbons (Fsp3) is 0.467. The van der Waals surface area contributed by atoms with Crippen molar-refractivity contribution in [2.45, 2.75) is 33.7 Å². The average Bonchev–Trinajstić information content (AvgIpc) is 2.39. The number of nitrogens with one attached hydrogen (secondary N) is 3. The van der Waals surface area contributed by atoms with Crippen molar-refractivity contribution in [1.29, 1.82) is 0 Å². The van der Waals surface area contributed by atoms with Crippen molar-refractivity contribution < 1.29 is 9.59 Å². The van der Waals surface area contributed by atoms with E-state index in [1.54, 1.807) is 6.92 Å². The second-order valence-corrected chi connectivity index (χ2v) is 4.87. The quantitative estimate of drug-likeness (QED) is 0.768. The summed E-state index contributed by atoms with van der Waals surface area (Å²) in [7, 11) is 0. The first-order valence-corrected chi connectivity index (χ1v) is 6.82. The summed E-state index contributed by atoms with van der Waals surface area (Å²) in [5.41, 5.74) is 3.53. The lowest BCUT2D eigenvalue weighted by atomic mass is 10.00. The minimum atomic E-state index is -0.460. The number of hydrogen-bond donors (Lipinski definition) is 3. The van der Waals surface area contributed by atoms with Crippen molar-refractivity contribution in [3.05, 3.63) is 34.9 Å². The predicted molar refractivity (Wildman–Crippen MR) is 79.5 cm³/mol. The minimum absolute atomic E-state index is 0.0508. The highest BCUT2D eigenvalue weighted by Crippen LogP contribution is 2.18. The van der Waals surface area contributed by atoms with Crippen molar-refractivity contribution in [1.82, 2.24) is 16.0 Å². The summed E-state index contributed by atoms with van der Waals surface area (Å²) in [5.74, 6) is -0.340. The van der Waals surface area contributed by atoms with Crippen molar-refractivity contribution in [2.24, 2.45) is 0 Å². The van der Waals surface area contributed by atoms with Crippen LogP contribution in [-0.2, 0) is 4.79 Å². The molecule has 3 amide bonds. The highest BCUT2D eigenvalue weighted by molar-refractivity contribution is 5.95. The van der Waals surface area contributed by atoms with Gasteiger partial charge in [0.05, 0.1) is 6.54 Å². The molecule has 0 fully saturated rings. The molecule has 0 unspecified atom stereocenters. The molecule has 1 aromatic rings. The van der Waals surface area contributed by atoms with E-state index in [2.05, 4.69) is 34.1 Å². The van der Waals surface area contributed by atoms with E-state index in [-0.39, 0.29) is 18.5 Å². The molecule has 1 rings (SSSR count). The summed E-state index contributed by atoms with van der Waals surface area (Å²) in [6.45, 7) is 8.47. The lowest BCUT2D eigenvalue weighted by Crippen LogP contribution is -2.43. The van der Waals surface area contributed by atoms with Crippen molar-refractivity contribution >= 4 is 11.9 Å². The van der Waals surface area contributed by atoms with Crippen LogP contribution in [0, 0.1) is 13.8 Å². The second-order valence-electron chi connectivity index (χ2n) is 4.87. The van der Waals surface area contributed by atoms with E-state index in [0.717, 1.165) is 5.56 Å². The van der Waals surface area contributed by atoms with Gasteiger partial charge in [0.1, 0.15) is 0 Å². The largest absolute Gasteiger partial charge is 0.338 e. The zero-order valence-electron chi connectivity index (χ0n) is 12.5. The van der Waals surface area contributed by atoms with Crippen LogP contribution in [0.5, 0.6) is 0 Å². The summed E-state index contributed by atoms with van der Waals surface area (Å²) in [6, 6.07) is 5.83. The van der Waals surface area contributed by atoms with Gasteiger partial charge in [0.15, 0.2) is 0 Å². The van der Waals surface area contributed by atoms with Crippen LogP contribution in [0.4, 0.5) is 4.79 Å². The normalized spacial score (nSPS) is 11.8. The van der Waals surface area contributed by atoms with Crippen LogP contribution in [0.2, 0.25) is 0 Å². The van der Waals surface area contributed by atoms with Gasteiger partial charge in [-0.1, -0.05) is 23.8 Å². The fourth-order valence-electron chi connectivity index (χ4n) is 1.96. The maximum atomic E-state index is 11.6. The molecule has 0 spiro atoms.